The van der Waals surface area contributed by atoms with Crippen molar-refractivity contribution in [2.45, 2.75) is 32.9 Å². The Labute approximate surface area is 115 Å². The van der Waals surface area contributed by atoms with Gasteiger partial charge in [-0.1, -0.05) is 25.5 Å². The van der Waals surface area contributed by atoms with Crippen molar-refractivity contribution in [1.82, 2.24) is 9.97 Å². The minimum absolute atomic E-state index is 0.461. The van der Waals surface area contributed by atoms with Gasteiger partial charge in [0, 0.05) is 11.3 Å². The highest BCUT2D eigenvalue weighted by Gasteiger charge is 2.30. The average molecular weight is 280 g/mol. The number of aryl methyl sites for hydroxylation is 2. The van der Waals surface area contributed by atoms with E-state index in [1.54, 1.807) is 19.1 Å². The molecule has 0 bridgehead atoms. The van der Waals surface area contributed by atoms with Crippen LogP contribution in [0.1, 0.15) is 30.4 Å². The van der Waals surface area contributed by atoms with Crippen LogP contribution in [0.3, 0.4) is 0 Å². The molecule has 0 aliphatic rings. The predicted molar refractivity (Wildman–Crippen MR) is 71.2 cm³/mol. The second kappa shape index (κ2) is 5.61. The van der Waals surface area contributed by atoms with Crippen molar-refractivity contribution in [1.29, 1.82) is 0 Å². The lowest BCUT2D eigenvalue weighted by Crippen LogP contribution is -2.05. The van der Waals surface area contributed by atoms with E-state index in [4.69, 9.17) is 0 Å². The second-order valence-corrected chi connectivity index (χ2v) is 4.62. The van der Waals surface area contributed by atoms with E-state index in [1.165, 1.54) is 6.07 Å². The summed E-state index contributed by atoms with van der Waals surface area (Å²) in [7, 11) is 0. The van der Waals surface area contributed by atoms with Crippen LogP contribution in [0.2, 0.25) is 0 Å². The van der Waals surface area contributed by atoms with Crippen molar-refractivity contribution < 1.29 is 13.2 Å². The Hall–Kier alpha value is -1.91. The lowest BCUT2D eigenvalue weighted by molar-refractivity contribution is -0.137. The van der Waals surface area contributed by atoms with Crippen molar-refractivity contribution >= 4 is 0 Å². The molecule has 0 saturated heterocycles. The molecule has 1 aromatic carbocycles. The molecule has 0 N–H and O–H groups in total. The largest absolute Gasteiger partial charge is 0.416 e. The molecule has 0 fully saturated rings. The van der Waals surface area contributed by atoms with Gasteiger partial charge in [-0.3, -0.25) is 0 Å². The first kappa shape index (κ1) is 14.5. The molecule has 20 heavy (non-hydrogen) atoms. The lowest BCUT2D eigenvalue weighted by Gasteiger charge is -2.09. The smallest absolute Gasteiger partial charge is 0.238 e. The van der Waals surface area contributed by atoms with E-state index in [2.05, 4.69) is 9.97 Å². The molecule has 2 rings (SSSR count). The minimum Gasteiger partial charge on any atom is -0.238 e. The maximum absolute atomic E-state index is 12.7. The van der Waals surface area contributed by atoms with Crippen LogP contribution >= 0.6 is 0 Å². The highest BCUT2D eigenvalue weighted by Crippen LogP contribution is 2.31. The van der Waals surface area contributed by atoms with E-state index in [1.807, 2.05) is 6.92 Å². The van der Waals surface area contributed by atoms with E-state index in [0.717, 1.165) is 30.7 Å². The van der Waals surface area contributed by atoms with E-state index in [0.29, 0.717) is 17.1 Å². The lowest BCUT2D eigenvalue weighted by atomic mass is 10.1. The van der Waals surface area contributed by atoms with Gasteiger partial charge in [-0.15, -0.1) is 0 Å². The van der Waals surface area contributed by atoms with E-state index >= 15 is 0 Å². The normalized spacial score (nSPS) is 11.7. The maximum Gasteiger partial charge on any atom is 0.416 e. The summed E-state index contributed by atoms with van der Waals surface area (Å²) in [6, 6.07) is 6.97. The van der Waals surface area contributed by atoms with Gasteiger partial charge in [-0.05, 0) is 31.5 Å². The van der Waals surface area contributed by atoms with Gasteiger partial charge in [0.25, 0.3) is 0 Å². The molecular weight excluding hydrogens is 265 g/mol. The van der Waals surface area contributed by atoms with Crippen molar-refractivity contribution in [2.24, 2.45) is 0 Å². The number of benzene rings is 1. The van der Waals surface area contributed by atoms with Gasteiger partial charge in [-0.2, -0.15) is 13.2 Å². The Bertz CT molecular complexity index is 606. The molecular formula is C15H15F3N2. The fourth-order valence-corrected chi connectivity index (χ4v) is 2.02. The molecule has 0 unspecified atom stereocenters. The van der Waals surface area contributed by atoms with Gasteiger partial charge in [0.1, 0.15) is 5.82 Å². The molecule has 0 radical (unpaired) electrons. The van der Waals surface area contributed by atoms with Crippen LogP contribution < -0.4 is 0 Å². The van der Waals surface area contributed by atoms with Gasteiger partial charge in [0.2, 0.25) is 0 Å². The number of rotatable bonds is 3. The molecule has 2 nitrogen and oxygen atoms in total. The number of hydrogen-bond donors (Lipinski definition) is 0. The van der Waals surface area contributed by atoms with Crippen LogP contribution in [0.25, 0.3) is 11.3 Å². The number of halogens is 3. The molecule has 1 aromatic heterocycles. The number of nitrogens with zero attached hydrogens (tertiary/aromatic N) is 2. The van der Waals surface area contributed by atoms with Gasteiger partial charge in [0.05, 0.1) is 11.3 Å². The molecule has 5 heteroatoms. The standard InChI is InChI=1S/C15H15F3N2/c1-3-5-13-9-14(20-10(2)19-13)11-6-4-7-12(8-11)15(16,17)18/h4,6-9H,3,5H2,1-2H3. The Morgan fingerprint density at radius 3 is 2.50 bits per heavy atom. The zero-order chi connectivity index (χ0) is 14.8. The first-order valence-electron chi connectivity index (χ1n) is 6.42. The van der Waals surface area contributed by atoms with E-state index < -0.39 is 11.7 Å². The van der Waals surface area contributed by atoms with Gasteiger partial charge in [-0.25, -0.2) is 9.97 Å². The summed E-state index contributed by atoms with van der Waals surface area (Å²) in [6.07, 6.45) is -2.63. The Balaban J connectivity index is 2.46. The molecule has 0 aliphatic heterocycles. The van der Waals surface area contributed by atoms with Crippen LogP contribution in [0.5, 0.6) is 0 Å². The van der Waals surface area contributed by atoms with Crippen LogP contribution in [0, 0.1) is 6.92 Å². The Kier molecular flexibility index (Phi) is 4.06. The number of hydrogen-bond acceptors (Lipinski definition) is 2. The topological polar surface area (TPSA) is 25.8 Å². The van der Waals surface area contributed by atoms with E-state index in [9.17, 15) is 13.2 Å². The third-order valence-corrected chi connectivity index (χ3v) is 2.88. The third kappa shape index (κ3) is 3.35. The highest BCUT2D eigenvalue weighted by atomic mass is 19.4. The third-order valence-electron chi connectivity index (χ3n) is 2.88. The molecule has 106 valence electrons. The molecule has 0 amide bonds. The molecule has 0 saturated carbocycles. The molecule has 2 aromatic rings. The van der Waals surface area contributed by atoms with Crippen LogP contribution in [-0.4, -0.2) is 9.97 Å². The summed E-state index contributed by atoms with van der Waals surface area (Å²) in [5.74, 6) is 0.573. The summed E-state index contributed by atoms with van der Waals surface area (Å²) in [5, 5.41) is 0. The van der Waals surface area contributed by atoms with Gasteiger partial charge >= 0.3 is 6.18 Å². The SMILES string of the molecule is CCCc1cc(-c2cccc(C(F)(F)F)c2)nc(C)n1. The van der Waals surface area contributed by atoms with E-state index in [-0.39, 0.29) is 0 Å². The van der Waals surface area contributed by atoms with Crippen LogP contribution in [0.15, 0.2) is 30.3 Å². The zero-order valence-electron chi connectivity index (χ0n) is 11.3. The summed E-state index contributed by atoms with van der Waals surface area (Å²) in [6.45, 7) is 3.78. The number of aromatic nitrogens is 2. The predicted octanol–water partition coefficient (Wildman–Crippen LogP) is 4.42. The van der Waals surface area contributed by atoms with Crippen LogP contribution in [0.4, 0.5) is 13.2 Å². The fraction of sp³-hybridized carbons (Fsp3) is 0.333. The summed E-state index contributed by atoms with van der Waals surface area (Å²) < 4.78 is 38.2. The number of alkyl halides is 3. The molecule has 1 heterocycles. The van der Waals surface area contributed by atoms with Crippen molar-refractivity contribution in [3.05, 3.63) is 47.4 Å². The Morgan fingerprint density at radius 1 is 1.10 bits per heavy atom. The first-order valence-corrected chi connectivity index (χ1v) is 6.42. The van der Waals surface area contributed by atoms with Crippen LogP contribution in [-0.2, 0) is 12.6 Å². The summed E-state index contributed by atoms with van der Waals surface area (Å²) in [5.41, 5.74) is 1.19. The second-order valence-electron chi connectivity index (χ2n) is 4.62. The zero-order valence-corrected chi connectivity index (χ0v) is 11.3. The Morgan fingerprint density at radius 2 is 1.85 bits per heavy atom. The fourth-order valence-electron chi connectivity index (χ4n) is 2.02. The van der Waals surface area contributed by atoms with Crippen molar-refractivity contribution in [3.63, 3.8) is 0 Å². The molecule has 0 aliphatic carbocycles. The first-order chi connectivity index (χ1) is 9.40. The van der Waals surface area contributed by atoms with Gasteiger partial charge in [0.15, 0.2) is 0 Å². The monoisotopic (exact) mass is 280 g/mol. The maximum atomic E-state index is 12.7. The summed E-state index contributed by atoms with van der Waals surface area (Å²) >= 11 is 0. The highest BCUT2D eigenvalue weighted by molar-refractivity contribution is 5.60. The van der Waals surface area contributed by atoms with Gasteiger partial charge < -0.3 is 0 Å². The van der Waals surface area contributed by atoms with Crippen molar-refractivity contribution in [3.8, 4) is 11.3 Å². The average Bonchev–Trinajstić information content (AvgIpc) is 2.37. The summed E-state index contributed by atoms with van der Waals surface area (Å²) in [4.78, 5) is 8.52. The van der Waals surface area contributed by atoms with Crippen molar-refractivity contribution in [2.75, 3.05) is 0 Å². The quantitative estimate of drug-likeness (QED) is 0.831. The molecule has 0 spiro atoms. The molecule has 0 atom stereocenters. The minimum atomic E-state index is -4.34.